The smallest absolute Gasteiger partial charge is 0.252 e. The van der Waals surface area contributed by atoms with Gasteiger partial charge >= 0.3 is 0 Å². The summed E-state index contributed by atoms with van der Waals surface area (Å²) in [6, 6.07) is 8.99. The summed E-state index contributed by atoms with van der Waals surface area (Å²) in [5.74, 6) is -1.24. The SMILES string of the molecule is Cc1ccc(CNC(=O)c2cccc(F)c2Br)cc1F. The van der Waals surface area contributed by atoms with E-state index in [1.807, 2.05) is 0 Å². The minimum absolute atomic E-state index is 0.118. The Morgan fingerprint density at radius 1 is 1.20 bits per heavy atom. The molecule has 2 nitrogen and oxygen atoms in total. The Kier molecular flexibility index (Phi) is 4.49. The quantitative estimate of drug-likeness (QED) is 0.900. The molecule has 2 aromatic carbocycles. The lowest BCUT2D eigenvalue weighted by molar-refractivity contribution is 0.0949. The van der Waals surface area contributed by atoms with E-state index in [-0.39, 0.29) is 22.4 Å². The van der Waals surface area contributed by atoms with Gasteiger partial charge in [0.15, 0.2) is 0 Å². The highest BCUT2D eigenvalue weighted by atomic mass is 79.9. The van der Waals surface area contributed by atoms with E-state index in [2.05, 4.69) is 21.2 Å². The predicted molar refractivity (Wildman–Crippen MR) is 76.4 cm³/mol. The third-order valence-corrected chi connectivity index (χ3v) is 3.69. The number of halogens is 3. The van der Waals surface area contributed by atoms with E-state index >= 15 is 0 Å². The van der Waals surface area contributed by atoms with Gasteiger partial charge in [-0.15, -0.1) is 0 Å². The van der Waals surface area contributed by atoms with Crippen LogP contribution in [0.4, 0.5) is 8.78 Å². The maximum atomic E-state index is 13.4. The average Bonchev–Trinajstić information content (AvgIpc) is 2.43. The van der Waals surface area contributed by atoms with Crippen molar-refractivity contribution in [2.45, 2.75) is 13.5 Å². The maximum Gasteiger partial charge on any atom is 0.252 e. The van der Waals surface area contributed by atoms with Crippen LogP contribution in [-0.2, 0) is 6.54 Å². The lowest BCUT2D eigenvalue weighted by Crippen LogP contribution is -2.23. The Hall–Kier alpha value is -1.75. The van der Waals surface area contributed by atoms with Gasteiger partial charge in [-0.05, 0) is 52.2 Å². The normalized spacial score (nSPS) is 10.4. The van der Waals surface area contributed by atoms with Gasteiger partial charge in [0.05, 0.1) is 10.0 Å². The number of hydrogen-bond donors (Lipinski definition) is 1. The number of rotatable bonds is 3. The Morgan fingerprint density at radius 3 is 2.65 bits per heavy atom. The molecule has 0 atom stereocenters. The topological polar surface area (TPSA) is 29.1 Å². The van der Waals surface area contributed by atoms with Crippen LogP contribution in [0.15, 0.2) is 40.9 Å². The summed E-state index contributed by atoms with van der Waals surface area (Å²) >= 11 is 3.03. The molecule has 1 amide bonds. The average molecular weight is 340 g/mol. The van der Waals surface area contributed by atoms with Crippen molar-refractivity contribution in [1.82, 2.24) is 5.32 Å². The van der Waals surface area contributed by atoms with E-state index in [4.69, 9.17) is 0 Å². The largest absolute Gasteiger partial charge is 0.348 e. The van der Waals surface area contributed by atoms with Crippen molar-refractivity contribution in [3.8, 4) is 0 Å². The van der Waals surface area contributed by atoms with Gasteiger partial charge in [-0.2, -0.15) is 0 Å². The molecule has 20 heavy (non-hydrogen) atoms. The number of aryl methyl sites for hydroxylation is 1. The van der Waals surface area contributed by atoms with Crippen molar-refractivity contribution < 1.29 is 13.6 Å². The number of nitrogens with one attached hydrogen (secondary N) is 1. The van der Waals surface area contributed by atoms with Gasteiger partial charge in [-0.3, -0.25) is 4.79 Å². The van der Waals surface area contributed by atoms with Gasteiger partial charge in [0, 0.05) is 6.54 Å². The number of carbonyl (C=O) groups is 1. The van der Waals surface area contributed by atoms with Crippen LogP contribution in [0.2, 0.25) is 0 Å². The van der Waals surface area contributed by atoms with Crippen molar-refractivity contribution in [1.29, 1.82) is 0 Å². The maximum absolute atomic E-state index is 13.4. The predicted octanol–water partition coefficient (Wildman–Crippen LogP) is 3.97. The fourth-order valence-electron chi connectivity index (χ4n) is 1.70. The highest BCUT2D eigenvalue weighted by Gasteiger charge is 2.12. The van der Waals surface area contributed by atoms with E-state index in [9.17, 15) is 13.6 Å². The first-order valence-corrected chi connectivity index (χ1v) is 6.75. The Morgan fingerprint density at radius 2 is 1.95 bits per heavy atom. The van der Waals surface area contributed by atoms with E-state index in [0.717, 1.165) is 0 Å². The molecule has 0 bridgehead atoms. The van der Waals surface area contributed by atoms with Gasteiger partial charge in [-0.25, -0.2) is 8.78 Å². The molecule has 1 N–H and O–H groups in total. The van der Waals surface area contributed by atoms with E-state index in [1.165, 1.54) is 24.3 Å². The molecular formula is C15H12BrF2NO. The fourth-order valence-corrected chi connectivity index (χ4v) is 2.15. The van der Waals surface area contributed by atoms with Crippen LogP contribution in [-0.4, -0.2) is 5.91 Å². The van der Waals surface area contributed by atoms with Gasteiger partial charge in [0.2, 0.25) is 0 Å². The molecule has 2 aromatic rings. The standard InChI is InChI=1S/C15H12BrF2NO/c1-9-5-6-10(7-13(9)18)8-19-15(20)11-3-2-4-12(17)14(11)16/h2-7H,8H2,1H3,(H,19,20). The zero-order chi connectivity index (χ0) is 14.7. The highest BCUT2D eigenvalue weighted by molar-refractivity contribution is 9.10. The molecular weight excluding hydrogens is 328 g/mol. The monoisotopic (exact) mass is 339 g/mol. The molecule has 104 valence electrons. The molecule has 0 aromatic heterocycles. The minimum atomic E-state index is -0.501. The van der Waals surface area contributed by atoms with Crippen molar-refractivity contribution in [2.75, 3.05) is 0 Å². The summed E-state index contributed by atoms with van der Waals surface area (Å²) < 4.78 is 26.8. The Bertz CT molecular complexity index is 658. The van der Waals surface area contributed by atoms with Crippen LogP contribution < -0.4 is 5.32 Å². The zero-order valence-electron chi connectivity index (χ0n) is 10.7. The Labute approximate surface area is 123 Å². The van der Waals surface area contributed by atoms with Crippen LogP contribution in [0.25, 0.3) is 0 Å². The molecule has 2 rings (SSSR count). The summed E-state index contributed by atoms with van der Waals surface area (Å²) in [6.07, 6.45) is 0. The van der Waals surface area contributed by atoms with Crippen LogP contribution in [0.1, 0.15) is 21.5 Å². The first-order chi connectivity index (χ1) is 9.49. The highest BCUT2D eigenvalue weighted by Crippen LogP contribution is 2.20. The van der Waals surface area contributed by atoms with E-state index in [0.29, 0.717) is 11.1 Å². The third-order valence-electron chi connectivity index (χ3n) is 2.89. The summed E-state index contributed by atoms with van der Waals surface area (Å²) in [6.45, 7) is 1.85. The number of carbonyl (C=O) groups excluding carboxylic acids is 1. The van der Waals surface area contributed by atoms with Crippen LogP contribution in [0.3, 0.4) is 0 Å². The molecule has 0 radical (unpaired) electrons. The summed E-state index contributed by atoms with van der Waals surface area (Å²) in [5, 5.41) is 2.63. The second kappa shape index (κ2) is 6.13. The van der Waals surface area contributed by atoms with Crippen molar-refractivity contribution in [3.05, 3.63) is 69.2 Å². The lowest BCUT2D eigenvalue weighted by atomic mass is 10.1. The first-order valence-electron chi connectivity index (χ1n) is 5.96. The van der Waals surface area contributed by atoms with Crippen LogP contribution in [0, 0.1) is 18.6 Å². The first kappa shape index (κ1) is 14.7. The number of hydrogen-bond acceptors (Lipinski definition) is 1. The molecule has 0 spiro atoms. The fraction of sp³-hybridized carbons (Fsp3) is 0.133. The van der Waals surface area contributed by atoms with Gasteiger partial charge in [0.25, 0.3) is 5.91 Å². The Balaban J connectivity index is 2.08. The summed E-state index contributed by atoms with van der Waals surface area (Å²) in [4.78, 5) is 11.9. The van der Waals surface area contributed by atoms with E-state index < -0.39 is 11.7 Å². The summed E-state index contributed by atoms with van der Waals surface area (Å²) in [5.41, 5.74) is 1.40. The molecule has 5 heteroatoms. The van der Waals surface area contributed by atoms with E-state index in [1.54, 1.807) is 19.1 Å². The second-order valence-electron chi connectivity index (χ2n) is 4.37. The van der Waals surface area contributed by atoms with Crippen molar-refractivity contribution in [3.63, 3.8) is 0 Å². The molecule has 0 unspecified atom stereocenters. The van der Waals surface area contributed by atoms with Crippen LogP contribution >= 0.6 is 15.9 Å². The van der Waals surface area contributed by atoms with Gasteiger partial charge < -0.3 is 5.32 Å². The second-order valence-corrected chi connectivity index (χ2v) is 5.16. The number of benzene rings is 2. The van der Waals surface area contributed by atoms with Crippen molar-refractivity contribution in [2.24, 2.45) is 0 Å². The van der Waals surface area contributed by atoms with Crippen LogP contribution in [0.5, 0.6) is 0 Å². The van der Waals surface area contributed by atoms with Gasteiger partial charge in [0.1, 0.15) is 11.6 Å². The number of amides is 1. The molecule has 0 fully saturated rings. The molecule has 0 aliphatic heterocycles. The molecule has 0 saturated carbocycles. The lowest BCUT2D eigenvalue weighted by Gasteiger charge is -2.08. The third kappa shape index (κ3) is 3.22. The molecule has 0 heterocycles. The molecule has 0 saturated heterocycles. The molecule has 0 aliphatic carbocycles. The zero-order valence-corrected chi connectivity index (χ0v) is 12.3. The van der Waals surface area contributed by atoms with Gasteiger partial charge in [-0.1, -0.05) is 18.2 Å². The summed E-state index contributed by atoms with van der Waals surface area (Å²) in [7, 11) is 0. The molecule has 0 aliphatic rings. The minimum Gasteiger partial charge on any atom is -0.348 e. The van der Waals surface area contributed by atoms with Crippen molar-refractivity contribution >= 4 is 21.8 Å².